The summed E-state index contributed by atoms with van der Waals surface area (Å²) in [4.78, 5) is 32.9. The second kappa shape index (κ2) is 5.14. The molecule has 114 valence electrons. The van der Waals surface area contributed by atoms with E-state index in [-0.39, 0.29) is 23.2 Å². The zero-order valence-electron chi connectivity index (χ0n) is 12.5. The second-order valence-electron chi connectivity index (χ2n) is 5.00. The molecule has 3 heterocycles. The highest BCUT2D eigenvalue weighted by molar-refractivity contribution is 6.02. The van der Waals surface area contributed by atoms with Gasteiger partial charge in [-0.15, -0.1) is 0 Å². The number of aromatic nitrogens is 5. The van der Waals surface area contributed by atoms with Crippen molar-refractivity contribution in [2.24, 2.45) is 7.05 Å². The van der Waals surface area contributed by atoms with Crippen LogP contribution in [0.1, 0.15) is 28.7 Å². The number of amides is 1. The summed E-state index contributed by atoms with van der Waals surface area (Å²) in [5.41, 5.74) is 1.57. The summed E-state index contributed by atoms with van der Waals surface area (Å²) in [5, 5.41) is 5.40. The van der Waals surface area contributed by atoms with Gasteiger partial charge < -0.3 is 4.57 Å². The van der Waals surface area contributed by atoms with Gasteiger partial charge in [0.2, 0.25) is 5.95 Å². The monoisotopic (exact) mass is 300 g/mol. The summed E-state index contributed by atoms with van der Waals surface area (Å²) in [6, 6.07) is 3.47. The molecule has 0 atom stereocenters. The number of H-pyrrole nitrogens is 1. The van der Waals surface area contributed by atoms with E-state index in [1.54, 1.807) is 36.9 Å². The predicted molar refractivity (Wildman–Crippen MR) is 81.1 cm³/mol. The first kappa shape index (κ1) is 14.1. The van der Waals surface area contributed by atoms with Crippen LogP contribution in [0.3, 0.4) is 0 Å². The summed E-state index contributed by atoms with van der Waals surface area (Å²) in [6.07, 6.45) is 2.36. The van der Waals surface area contributed by atoms with Crippen molar-refractivity contribution in [1.29, 1.82) is 0 Å². The van der Waals surface area contributed by atoms with E-state index < -0.39 is 0 Å². The van der Waals surface area contributed by atoms with E-state index in [0.717, 1.165) is 0 Å². The highest BCUT2D eigenvalue weighted by atomic mass is 16.2. The van der Waals surface area contributed by atoms with Crippen molar-refractivity contribution in [2.45, 2.75) is 20.3 Å². The molecule has 0 aliphatic rings. The smallest absolute Gasteiger partial charge is 0.277 e. The van der Waals surface area contributed by atoms with E-state index in [1.807, 2.05) is 6.92 Å². The third-order valence-corrected chi connectivity index (χ3v) is 3.56. The number of hydrogen-bond acceptors (Lipinski definition) is 4. The fourth-order valence-electron chi connectivity index (χ4n) is 2.39. The molecular weight excluding hydrogens is 284 g/mol. The molecule has 0 aliphatic carbocycles. The molecule has 3 aromatic heterocycles. The summed E-state index contributed by atoms with van der Waals surface area (Å²) >= 11 is 0. The lowest BCUT2D eigenvalue weighted by atomic mass is 10.2. The number of anilines is 1. The molecule has 0 aromatic carbocycles. The standard InChI is InChI=1S/C14H16N6O2/c1-4-9-8(2)15-14-17-13(18-20(14)12(9)22)16-11(21)10-6-5-7-19(10)3/h5-7H,4H2,1-3H3,(H2,15,16,17,18,21). The minimum absolute atomic E-state index is 0.184. The fourth-order valence-corrected chi connectivity index (χ4v) is 2.39. The van der Waals surface area contributed by atoms with Crippen LogP contribution < -0.4 is 10.9 Å². The first-order valence-corrected chi connectivity index (χ1v) is 6.92. The number of carbonyl (C=O) groups excluding carboxylic acids is 1. The quantitative estimate of drug-likeness (QED) is 0.750. The number of aryl methyl sites for hydroxylation is 2. The maximum absolute atomic E-state index is 12.3. The summed E-state index contributed by atoms with van der Waals surface area (Å²) in [5.74, 6) is 0.109. The molecule has 8 nitrogen and oxygen atoms in total. The summed E-state index contributed by atoms with van der Waals surface area (Å²) < 4.78 is 2.94. The van der Waals surface area contributed by atoms with Gasteiger partial charge in [0.25, 0.3) is 17.2 Å². The van der Waals surface area contributed by atoms with E-state index in [4.69, 9.17) is 0 Å². The van der Waals surface area contributed by atoms with Crippen LogP contribution in [-0.2, 0) is 13.5 Å². The van der Waals surface area contributed by atoms with Gasteiger partial charge in [-0.2, -0.15) is 9.50 Å². The van der Waals surface area contributed by atoms with Gasteiger partial charge in [-0.1, -0.05) is 6.92 Å². The molecule has 0 saturated heterocycles. The van der Waals surface area contributed by atoms with E-state index in [2.05, 4.69) is 20.4 Å². The van der Waals surface area contributed by atoms with Crippen molar-refractivity contribution in [3.63, 3.8) is 0 Å². The molecule has 0 aliphatic heterocycles. The van der Waals surface area contributed by atoms with Gasteiger partial charge in [0.15, 0.2) is 0 Å². The van der Waals surface area contributed by atoms with Gasteiger partial charge >= 0.3 is 0 Å². The van der Waals surface area contributed by atoms with Crippen LogP contribution >= 0.6 is 0 Å². The Labute approximate surface area is 125 Å². The highest BCUT2D eigenvalue weighted by Gasteiger charge is 2.15. The minimum atomic E-state index is -0.313. The lowest BCUT2D eigenvalue weighted by Crippen LogP contribution is -2.21. The number of rotatable bonds is 3. The molecule has 3 rings (SSSR count). The van der Waals surface area contributed by atoms with E-state index in [0.29, 0.717) is 23.4 Å². The van der Waals surface area contributed by atoms with Crippen molar-refractivity contribution in [3.8, 4) is 0 Å². The van der Waals surface area contributed by atoms with Gasteiger partial charge in [0, 0.05) is 18.8 Å². The maximum atomic E-state index is 12.3. The summed E-state index contributed by atoms with van der Waals surface area (Å²) in [7, 11) is 1.77. The van der Waals surface area contributed by atoms with Gasteiger partial charge in [-0.25, -0.2) is 4.98 Å². The van der Waals surface area contributed by atoms with Crippen LogP contribution in [0.5, 0.6) is 0 Å². The maximum Gasteiger partial charge on any atom is 0.277 e. The van der Waals surface area contributed by atoms with Crippen molar-refractivity contribution < 1.29 is 4.79 Å². The lowest BCUT2D eigenvalue weighted by Gasteiger charge is -2.02. The third kappa shape index (κ3) is 2.18. The van der Waals surface area contributed by atoms with Crippen LogP contribution in [0.2, 0.25) is 0 Å². The van der Waals surface area contributed by atoms with Gasteiger partial charge in [0.05, 0.1) is 5.69 Å². The van der Waals surface area contributed by atoms with Crippen molar-refractivity contribution in [3.05, 3.63) is 45.6 Å². The first-order chi connectivity index (χ1) is 10.5. The zero-order chi connectivity index (χ0) is 15.9. The molecule has 3 aromatic rings. The Morgan fingerprint density at radius 2 is 2.18 bits per heavy atom. The Morgan fingerprint density at radius 3 is 2.82 bits per heavy atom. The van der Waals surface area contributed by atoms with E-state index in [9.17, 15) is 9.59 Å². The largest absolute Gasteiger partial charge is 0.347 e. The van der Waals surface area contributed by atoms with E-state index in [1.165, 1.54) is 4.52 Å². The molecule has 2 N–H and O–H groups in total. The van der Waals surface area contributed by atoms with Crippen LogP contribution in [0.15, 0.2) is 23.1 Å². The number of fused-ring (bicyclic) bond motifs is 1. The van der Waals surface area contributed by atoms with Crippen molar-refractivity contribution in [1.82, 2.24) is 24.1 Å². The highest BCUT2D eigenvalue weighted by Crippen LogP contribution is 2.08. The molecule has 0 unspecified atom stereocenters. The van der Waals surface area contributed by atoms with Crippen LogP contribution in [-0.4, -0.2) is 30.1 Å². The molecule has 8 heteroatoms. The molecule has 22 heavy (non-hydrogen) atoms. The van der Waals surface area contributed by atoms with Crippen LogP contribution in [0.25, 0.3) is 5.78 Å². The lowest BCUT2D eigenvalue weighted by molar-refractivity contribution is 0.101. The Bertz CT molecular complexity index is 917. The van der Waals surface area contributed by atoms with Gasteiger partial charge in [-0.3, -0.25) is 20.0 Å². The average Bonchev–Trinajstić information content (AvgIpc) is 3.05. The number of carbonyl (C=O) groups is 1. The average molecular weight is 300 g/mol. The number of hydrogen-bond donors (Lipinski definition) is 2. The Hall–Kier alpha value is -2.90. The second-order valence-corrected chi connectivity index (χ2v) is 5.00. The fraction of sp³-hybridized carbons (Fsp3) is 0.286. The number of nitrogens with zero attached hydrogens (tertiary/aromatic N) is 4. The van der Waals surface area contributed by atoms with Gasteiger partial charge in [-0.05, 0) is 25.5 Å². The van der Waals surface area contributed by atoms with E-state index >= 15 is 0 Å². The first-order valence-electron chi connectivity index (χ1n) is 6.92. The molecule has 0 bridgehead atoms. The number of aromatic amines is 1. The Morgan fingerprint density at radius 1 is 1.41 bits per heavy atom. The molecule has 0 spiro atoms. The van der Waals surface area contributed by atoms with Crippen LogP contribution in [0, 0.1) is 6.92 Å². The molecule has 1 amide bonds. The Kier molecular flexibility index (Phi) is 3.28. The normalized spacial score (nSPS) is 11.0. The van der Waals surface area contributed by atoms with Crippen molar-refractivity contribution >= 4 is 17.6 Å². The molecule has 0 radical (unpaired) electrons. The Balaban J connectivity index is 1.99. The number of nitrogens with one attached hydrogen (secondary N) is 2. The predicted octanol–water partition coefficient (Wildman–Crippen LogP) is 0.879. The molecule has 0 saturated carbocycles. The van der Waals surface area contributed by atoms with Crippen LogP contribution in [0.4, 0.5) is 5.95 Å². The van der Waals surface area contributed by atoms with Crippen molar-refractivity contribution in [2.75, 3.05) is 5.32 Å². The third-order valence-electron chi connectivity index (χ3n) is 3.56. The molecular formula is C14H16N6O2. The summed E-state index contributed by atoms with van der Waals surface area (Å²) in [6.45, 7) is 3.67. The topological polar surface area (TPSA) is 97.1 Å². The minimum Gasteiger partial charge on any atom is -0.347 e. The SMILES string of the molecule is CCc1c(C)nc2nc(NC(=O)c3cccn3C)[nH]n2c1=O. The molecule has 0 fully saturated rings. The van der Waals surface area contributed by atoms with Gasteiger partial charge in [0.1, 0.15) is 5.69 Å². The zero-order valence-corrected chi connectivity index (χ0v) is 12.5.